The van der Waals surface area contributed by atoms with Crippen LogP contribution in [0.25, 0.3) is 5.78 Å². The van der Waals surface area contributed by atoms with Crippen molar-refractivity contribution in [1.29, 1.82) is 0 Å². The molecule has 0 aliphatic carbocycles. The third kappa shape index (κ3) is 6.16. The highest BCUT2D eigenvalue weighted by Crippen LogP contribution is 2.32. The molecule has 2 fully saturated rings. The van der Waals surface area contributed by atoms with Crippen LogP contribution in [0.2, 0.25) is 0 Å². The van der Waals surface area contributed by atoms with E-state index in [2.05, 4.69) is 20.4 Å². The number of carbonyl (C=O) groups is 4. The van der Waals surface area contributed by atoms with Gasteiger partial charge in [-0.3, -0.25) is 23.7 Å². The number of rotatable bonds is 9. The Morgan fingerprint density at radius 2 is 1.87 bits per heavy atom. The second kappa shape index (κ2) is 12.3. The highest BCUT2D eigenvalue weighted by atomic mass is 19.1. The van der Waals surface area contributed by atoms with Crippen LogP contribution in [0.4, 0.5) is 25.0 Å². The lowest BCUT2D eigenvalue weighted by molar-refractivity contribution is -0.133. The molecule has 234 valence electrons. The minimum absolute atomic E-state index is 0.0115. The maximum absolute atomic E-state index is 15.3. The second-order valence-corrected chi connectivity index (χ2v) is 10.7. The Morgan fingerprint density at radius 1 is 1.11 bits per heavy atom. The summed E-state index contributed by atoms with van der Waals surface area (Å²) < 4.78 is 42.3. The minimum Gasteiger partial charge on any atom is -0.444 e. The van der Waals surface area contributed by atoms with Crippen molar-refractivity contribution in [2.45, 2.75) is 31.9 Å². The topological polar surface area (TPSA) is 155 Å². The number of amides is 3. The number of fused-ring (bicyclic) bond motifs is 1. The predicted molar refractivity (Wildman–Crippen MR) is 153 cm³/mol. The maximum atomic E-state index is 15.3. The molecule has 14 nitrogen and oxygen atoms in total. The molecule has 0 spiro atoms. The number of anilines is 2. The van der Waals surface area contributed by atoms with Crippen LogP contribution in [0, 0.1) is 11.6 Å². The molecule has 2 saturated heterocycles. The molecule has 0 unspecified atom stereocenters. The summed E-state index contributed by atoms with van der Waals surface area (Å²) in [5, 5.41) is 6.13. The summed E-state index contributed by atoms with van der Waals surface area (Å²) in [7, 11) is 0. The van der Waals surface area contributed by atoms with E-state index >= 15 is 8.78 Å². The molecule has 2 atom stereocenters. The van der Waals surface area contributed by atoms with E-state index in [1.165, 1.54) is 28.3 Å². The third-order valence-electron chi connectivity index (χ3n) is 7.69. The van der Waals surface area contributed by atoms with Crippen LogP contribution in [-0.2, 0) is 9.53 Å². The first-order valence-electron chi connectivity index (χ1n) is 14.2. The summed E-state index contributed by atoms with van der Waals surface area (Å²) in [6.07, 6.45) is 4.94. The number of nitrogens with zero attached hydrogens (tertiary/aromatic N) is 7. The van der Waals surface area contributed by atoms with Crippen LogP contribution in [0.15, 0.2) is 53.6 Å². The summed E-state index contributed by atoms with van der Waals surface area (Å²) in [6.45, 7) is 2.20. The first-order valence-corrected chi connectivity index (χ1v) is 14.2. The van der Waals surface area contributed by atoms with Gasteiger partial charge in [0.2, 0.25) is 23.2 Å². The molecule has 3 aromatic heterocycles. The lowest BCUT2D eigenvalue weighted by atomic mass is 10.1. The minimum atomic E-state index is -0.871. The number of hydrogen-bond acceptors (Lipinski definition) is 10. The van der Waals surface area contributed by atoms with Gasteiger partial charge in [-0.05, 0) is 19.4 Å². The Kier molecular flexibility index (Phi) is 8.10. The van der Waals surface area contributed by atoms with Crippen LogP contribution >= 0.6 is 0 Å². The van der Waals surface area contributed by atoms with E-state index < -0.39 is 35.8 Å². The summed E-state index contributed by atoms with van der Waals surface area (Å²) in [5.41, 5.74) is -0.166. The number of aromatic nitrogens is 4. The number of piperazine rings is 1. The molecular weight excluding hydrogens is 594 g/mol. The molecule has 2 aliphatic rings. The van der Waals surface area contributed by atoms with Crippen molar-refractivity contribution < 1.29 is 37.2 Å². The van der Waals surface area contributed by atoms with E-state index in [9.17, 15) is 19.2 Å². The number of imidazole rings is 1. The lowest BCUT2D eigenvalue weighted by Crippen LogP contribution is -2.54. The van der Waals surface area contributed by atoms with Gasteiger partial charge in [-0.15, -0.1) is 0 Å². The summed E-state index contributed by atoms with van der Waals surface area (Å²) >= 11 is 0. The van der Waals surface area contributed by atoms with Gasteiger partial charge in [-0.1, -0.05) is 5.16 Å². The number of carbonyl (C=O) groups excluding carboxylic acids is 4. The van der Waals surface area contributed by atoms with E-state index in [4.69, 9.17) is 9.26 Å². The molecule has 0 radical (unpaired) electrons. The van der Waals surface area contributed by atoms with Crippen LogP contribution in [0.3, 0.4) is 0 Å². The molecule has 0 saturated carbocycles. The van der Waals surface area contributed by atoms with E-state index in [1.54, 1.807) is 29.8 Å². The normalized spacial score (nSPS) is 17.4. The fourth-order valence-electron chi connectivity index (χ4n) is 5.36. The third-order valence-corrected chi connectivity index (χ3v) is 7.69. The molecule has 4 aromatic rings. The largest absolute Gasteiger partial charge is 0.444 e. The number of ketones is 1. The van der Waals surface area contributed by atoms with E-state index in [-0.39, 0.29) is 80.1 Å². The number of ether oxygens (including phenoxy) is 1. The van der Waals surface area contributed by atoms with E-state index in [0.717, 1.165) is 17.0 Å². The molecule has 5 heterocycles. The van der Waals surface area contributed by atoms with Gasteiger partial charge in [0.25, 0.3) is 5.91 Å². The SMILES string of the molecule is C[C@H](NC(=O)c1cn2cccnc2n1)C(=O)N1CCN(c2c(F)cc(N3C[C@H](CCC(=O)c4ccno4)OC3=O)cc2F)CC1. The first-order chi connectivity index (χ1) is 21.7. The zero-order valence-corrected chi connectivity index (χ0v) is 24.1. The average Bonchev–Trinajstić information content (AvgIpc) is 3.79. The Hall–Kier alpha value is -5.41. The Bertz CT molecular complexity index is 1700. The van der Waals surface area contributed by atoms with Gasteiger partial charge >= 0.3 is 6.09 Å². The maximum Gasteiger partial charge on any atom is 0.414 e. The van der Waals surface area contributed by atoms with E-state index in [0.29, 0.717) is 5.78 Å². The van der Waals surface area contributed by atoms with Gasteiger partial charge in [0.15, 0.2) is 11.6 Å². The molecule has 2 aliphatic heterocycles. The molecule has 0 bridgehead atoms. The standard InChI is InChI=1S/C29H28F2N8O6/c1-17(34-26(41)22-16-38-8-2-6-32-28(38)35-22)27(42)37-11-9-36(10-12-37)25-20(30)13-18(14-21(25)31)39-15-19(44-29(39)43)3-4-23(40)24-5-7-33-45-24/h2,5-8,13-14,16-17,19H,3-4,9-12,15H2,1H3,(H,34,41)/t17-,19-/m0/s1. The number of nitrogens with one attached hydrogen (secondary N) is 1. The highest BCUT2D eigenvalue weighted by Gasteiger charge is 2.35. The molecule has 45 heavy (non-hydrogen) atoms. The monoisotopic (exact) mass is 622 g/mol. The van der Waals surface area contributed by atoms with Gasteiger partial charge in [0.05, 0.1) is 18.4 Å². The Balaban J connectivity index is 1.03. The fourth-order valence-corrected chi connectivity index (χ4v) is 5.36. The Morgan fingerprint density at radius 3 is 2.56 bits per heavy atom. The second-order valence-electron chi connectivity index (χ2n) is 10.7. The Labute approximate surface area is 254 Å². The van der Waals surface area contributed by atoms with Crippen LogP contribution in [0.1, 0.15) is 40.8 Å². The van der Waals surface area contributed by atoms with E-state index in [1.807, 2.05) is 0 Å². The van der Waals surface area contributed by atoms with Crippen molar-refractivity contribution in [2.75, 3.05) is 42.5 Å². The first kappa shape index (κ1) is 29.7. The summed E-state index contributed by atoms with van der Waals surface area (Å²) in [5.74, 6) is -2.47. The van der Waals surface area contributed by atoms with Crippen molar-refractivity contribution in [3.05, 3.63) is 72.1 Å². The average molecular weight is 623 g/mol. The number of Topliss-reactive ketones (excluding diaryl/α,β-unsaturated/α-hetero) is 1. The van der Waals surface area contributed by atoms with Gasteiger partial charge in [-0.2, -0.15) is 0 Å². The molecular formula is C29H28F2N8O6. The van der Waals surface area contributed by atoms with Gasteiger partial charge in [0, 0.05) is 69.4 Å². The van der Waals surface area contributed by atoms with Gasteiger partial charge in [0.1, 0.15) is 23.5 Å². The van der Waals surface area contributed by atoms with Crippen molar-refractivity contribution >= 4 is 40.8 Å². The molecule has 16 heteroatoms. The number of halogens is 2. The molecule has 3 amide bonds. The smallest absolute Gasteiger partial charge is 0.414 e. The van der Waals surface area contributed by atoms with Gasteiger partial charge < -0.3 is 24.4 Å². The van der Waals surface area contributed by atoms with Crippen molar-refractivity contribution in [3.8, 4) is 0 Å². The molecule has 1 N–H and O–H groups in total. The predicted octanol–water partition coefficient (Wildman–Crippen LogP) is 2.45. The zero-order chi connectivity index (χ0) is 31.7. The summed E-state index contributed by atoms with van der Waals surface area (Å²) in [4.78, 5) is 62.7. The van der Waals surface area contributed by atoms with Gasteiger partial charge in [-0.25, -0.2) is 23.5 Å². The van der Waals surface area contributed by atoms with Crippen LogP contribution < -0.4 is 15.1 Å². The van der Waals surface area contributed by atoms with Crippen molar-refractivity contribution in [1.82, 2.24) is 29.7 Å². The number of cyclic esters (lactones) is 1. The highest BCUT2D eigenvalue weighted by molar-refractivity contribution is 5.96. The van der Waals surface area contributed by atoms with Crippen LogP contribution in [-0.4, -0.2) is 93.0 Å². The molecule has 6 rings (SSSR count). The van der Waals surface area contributed by atoms with Crippen molar-refractivity contribution in [3.63, 3.8) is 0 Å². The molecule has 1 aromatic carbocycles. The zero-order valence-electron chi connectivity index (χ0n) is 24.1. The lowest BCUT2D eigenvalue weighted by Gasteiger charge is -2.37. The van der Waals surface area contributed by atoms with Crippen LogP contribution in [0.5, 0.6) is 0 Å². The number of hydrogen-bond donors (Lipinski definition) is 1. The summed E-state index contributed by atoms with van der Waals surface area (Å²) in [6, 6.07) is 4.39. The van der Waals surface area contributed by atoms with Crippen molar-refractivity contribution in [2.24, 2.45) is 0 Å². The quantitative estimate of drug-likeness (QED) is 0.275. The fraction of sp³-hybridized carbons (Fsp3) is 0.345. The number of benzene rings is 1.